The smallest absolute Gasteiger partial charge is 0.238 e. The minimum Gasteiger partial charge on any atom is -0.390 e. The molecule has 3 atom stereocenters. The molecule has 0 bridgehead atoms. The lowest BCUT2D eigenvalue weighted by atomic mass is 9.75. The van der Waals surface area contributed by atoms with Gasteiger partial charge in [-0.25, -0.2) is 8.78 Å². The van der Waals surface area contributed by atoms with Crippen molar-refractivity contribution in [3.05, 3.63) is 64.2 Å². The maximum Gasteiger partial charge on any atom is 0.238 e. The molecular formula is C28H34ClF2N3O3. The van der Waals surface area contributed by atoms with Crippen LogP contribution in [0.2, 0.25) is 5.02 Å². The summed E-state index contributed by atoms with van der Waals surface area (Å²) in [7, 11) is 0. The first-order valence-corrected chi connectivity index (χ1v) is 12.9. The Labute approximate surface area is 221 Å². The number of fused-ring (bicyclic) bond motifs is 1. The summed E-state index contributed by atoms with van der Waals surface area (Å²) < 4.78 is 29.5. The summed E-state index contributed by atoms with van der Waals surface area (Å²) in [6, 6.07) is 7.24. The molecule has 1 aliphatic heterocycles. The van der Waals surface area contributed by atoms with Gasteiger partial charge in [-0.05, 0) is 67.5 Å². The highest BCUT2D eigenvalue weighted by molar-refractivity contribution is 6.30. The summed E-state index contributed by atoms with van der Waals surface area (Å²) in [5.41, 5.74) is 0.0182. The van der Waals surface area contributed by atoms with E-state index in [-0.39, 0.29) is 22.0 Å². The molecule has 2 amide bonds. The SMILES string of the molecule is CC(C)(C)CCNC(C(=O)NC1CC(C)(O)C1)C(c1cccc(Cl)c1F)C1C(=O)Nc2cc(F)ccc21. The van der Waals surface area contributed by atoms with Crippen LogP contribution in [0.3, 0.4) is 0 Å². The predicted molar refractivity (Wildman–Crippen MR) is 140 cm³/mol. The molecule has 1 saturated carbocycles. The van der Waals surface area contributed by atoms with Crippen molar-refractivity contribution in [1.29, 1.82) is 0 Å². The number of hydrogen-bond acceptors (Lipinski definition) is 4. The Morgan fingerprint density at radius 2 is 1.95 bits per heavy atom. The summed E-state index contributed by atoms with van der Waals surface area (Å²) in [4.78, 5) is 27.1. The molecule has 2 aromatic carbocycles. The zero-order chi connectivity index (χ0) is 27.1. The van der Waals surface area contributed by atoms with E-state index in [0.29, 0.717) is 30.6 Å². The molecule has 37 heavy (non-hydrogen) atoms. The zero-order valence-corrected chi connectivity index (χ0v) is 22.3. The Balaban J connectivity index is 1.77. The molecular weight excluding hydrogens is 500 g/mol. The lowest BCUT2D eigenvalue weighted by molar-refractivity contribution is -0.128. The van der Waals surface area contributed by atoms with Crippen LogP contribution in [0.1, 0.15) is 69.9 Å². The fourth-order valence-corrected chi connectivity index (χ4v) is 5.51. The third kappa shape index (κ3) is 6.13. The van der Waals surface area contributed by atoms with Crippen molar-refractivity contribution < 1.29 is 23.5 Å². The van der Waals surface area contributed by atoms with Crippen molar-refractivity contribution in [2.45, 2.75) is 76.5 Å². The fraction of sp³-hybridized carbons (Fsp3) is 0.500. The number of rotatable bonds is 8. The first-order valence-electron chi connectivity index (χ1n) is 12.6. The Bertz CT molecular complexity index is 1190. The van der Waals surface area contributed by atoms with Gasteiger partial charge < -0.3 is 21.1 Å². The van der Waals surface area contributed by atoms with Crippen LogP contribution in [0.4, 0.5) is 14.5 Å². The van der Waals surface area contributed by atoms with E-state index in [0.717, 1.165) is 6.42 Å². The van der Waals surface area contributed by atoms with Crippen molar-refractivity contribution in [2.75, 3.05) is 11.9 Å². The van der Waals surface area contributed by atoms with Gasteiger partial charge in [-0.2, -0.15) is 0 Å². The van der Waals surface area contributed by atoms with Gasteiger partial charge in [-0.15, -0.1) is 0 Å². The molecule has 0 radical (unpaired) electrons. The number of carbonyl (C=O) groups excluding carboxylic acids is 2. The van der Waals surface area contributed by atoms with E-state index in [9.17, 15) is 19.1 Å². The second-order valence-electron chi connectivity index (χ2n) is 11.7. The Kier molecular flexibility index (Phi) is 7.66. The maximum atomic E-state index is 15.5. The molecule has 1 heterocycles. The van der Waals surface area contributed by atoms with Crippen molar-refractivity contribution in [2.24, 2.45) is 5.41 Å². The third-order valence-electron chi connectivity index (χ3n) is 7.19. The molecule has 1 fully saturated rings. The quantitative estimate of drug-likeness (QED) is 0.390. The largest absolute Gasteiger partial charge is 0.390 e. The lowest BCUT2D eigenvalue weighted by Gasteiger charge is -2.42. The van der Waals surface area contributed by atoms with E-state index < -0.39 is 46.9 Å². The molecule has 2 aliphatic rings. The van der Waals surface area contributed by atoms with Crippen molar-refractivity contribution >= 4 is 29.1 Å². The molecule has 3 unspecified atom stereocenters. The van der Waals surface area contributed by atoms with Crippen LogP contribution in [0.5, 0.6) is 0 Å². The summed E-state index contributed by atoms with van der Waals surface area (Å²) in [6.45, 7) is 8.36. The van der Waals surface area contributed by atoms with Gasteiger partial charge in [-0.1, -0.05) is 50.6 Å². The van der Waals surface area contributed by atoms with Gasteiger partial charge >= 0.3 is 0 Å². The number of benzene rings is 2. The number of carbonyl (C=O) groups is 2. The maximum absolute atomic E-state index is 15.5. The van der Waals surface area contributed by atoms with Crippen molar-refractivity contribution in [3.63, 3.8) is 0 Å². The summed E-state index contributed by atoms with van der Waals surface area (Å²) in [6.07, 6.45) is 1.52. The number of nitrogens with one attached hydrogen (secondary N) is 3. The van der Waals surface area contributed by atoms with Gasteiger partial charge in [-0.3, -0.25) is 9.59 Å². The van der Waals surface area contributed by atoms with Gasteiger partial charge in [0.15, 0.2) is 0 Å². The second-order valence-corrected chi connectivity index (χ2v) is 12.1. The topological polar surface area (TPSA) is 90.5 Å². The minimum atomic E-state index is -1.01. The highest BCUT2D eigenvalue weighted by Crippen LogP contribution is 2.45. The molecule has 9 heteroatoms. The predicted octanol–water partition coefficient (Wildman–Crippen LogP) is 4.86. The average Bonchev–Trinajstić information content (AvgIpc) is 3.08. The molecule has 4 rings (SSSR count). The number of aliphatic hydroxyl groups is 1. The Morgan fingerprint density at radius 1 is 1.24 bits per heavy atom. The molecule has 1 aliphatic carbocycles. The minimum absolute atomic E-state index is 0.0354. The third-order valence-corrected chi connectivity index (χ3v) is 7.48. The van der Waals surface area contributed by atoms with Crippen LogP contribution < -0.4 is 16.0 Å². The average molecular weight is 534 g/mol. The fourth-order valence-electron chi connectivity index (χ4n) is 5.33. The van der Waals surface area contributed by atoms with Crippen LogP contribution in [0.25, 0.3) is 0 Å². The number of anilines is 1. The molecule has 0 spiro atoms. The van der Waals surface area contributed by atoms with E-state index in [1.165, 1.54) is 30.3 Å². The molecule has 0 saturated heterocycles. The van der Waals surface area contributed by atoms with Gasteiger partial charge in [0, 0.05) is 17.6 Å². The van der Waals surface area contributed by atoms with Gasteiger partial charge in [0.05, 0.1) is 22.6 Å². The Morgan fingerprint density at radius 3 is 2.59 bits per heavy atom. The highest BCUT2D eigenvalue weighted by atomic mass is 35.5. The van der Waals surface area contributed by atoms with E-state index in [2.05, 4.69) is 36.7 Å². The molecule has 2 aromatic rings. The van der Waals surface area contributed by atoms with Gasteiger partial charge in [0.1, 0.15) is 11.6 Å². The number of hydrogen-bond donors (Lipinski definition) is 4. The molecule has 6 nitrogen and oxygen atoms in total. The molecule has 200 valence electrons. The lowest BCUT2D eigenvalue weighted by Crippen LogP contribution is -2.58. The van der Waals surface area contributed by atoms with Crippen LogP contribution in [0, 0.1) is 17.0 Å². The summed E-state index contributed by atoms with van der Waals surface area (Å²) in [5, 5.41) is 19.0. The van der Waals surface area contributed by atoms with E-state index in [4.69, 9.17) is 11.6 Å². The standard InChI is InChI=1S/C28H34ClF2N3O3/c1-27(2,3)10-11-32-24(26(36)33-16-13-28(4,37)14-16)21(18-6-5-7-19(29)23(18)31)22-17-9-8-15(30)12-20(17)34-25(22)35/h5-9,12,16,21-22,24,32,37H,10-11,13-14H2,1-4H3,(H,33,36)(H,34,35). The van der Waals surface area contributed by atoms with Gasteiger partial charge in [0.2, 0.25) is 11.8 Å². The summed E-state index contributed by atoms with van der Waals surface area (Å²) in [5.74, 6) is -4.02. The Hall–Kier alpha value is -2.55. The van der Waals surface area contributed by atoms with E-state index >= 15 is 4.39 Å². The van der Waals surface area contributed by atoms with Crippen LogP contribution in [-0.4, -0.2) is 41.2 Å². The van der Waals surface area contributed by atoms with E-state index in [1.54, 1.807) is 13.0 Å². The number of halogens is 3. The van der Waals surface area contributed by atoms with Crippen LogP contribution >= 0.6 is 11.6 Å². The molecule has 0 aromatic heterocycles. The monoisotopic (exact) mass is 533 g/mol. The first-order chi connectivity index (χ1) is 17.3. The van der Waals surface area contributed by atoms with Crippen LogP contribution in [0.15, 0.2) is 36.4 Å². The van der Waals surface area contributed by atoms with Gasteiger partial charge in [0.25, 0.3) is 0 Å². The van der Waals surface area contributed by atoms with Crippen molar-refractivity contribution in [3.8, 4) is 0 Å². The normalized spacial score (nSPS) is 24.6. The van der Waals surface area contributed by atoms with Crippen LogP contribution in [-0.2, 0) is 9.59 Å². The number of amides is 2. The highest BCUT2D eigenvalue weighted by Gasteiger charge is 2.47. The van der Waals surface area contributed by atoms with Crippen molar-refractivity contribution in [1.82, 2.24) is 10.6 Å². The second kappa shape index (κ2) is 10.3. The van der Waals surface area contributed by atoms with E-state index in [1.807, 2.05) is 0 Å². The zero-order valence-electron chi connectivity index (χ0n) is 21.5. The molecule has 4 N–H and O–H groups in total. The first kappa shape index (κ1) is 27.5. The summed E-state index contributed by atoms with van der Waals surface area (Å²) >= 11 is 6.14.